The molecule has 0 spiro atoms. The zero-order chi connectivity index (χ0) is 15.6. The van der Waals surface area contributed by atoms with E-state index in [-0.39, 0.29) is 17.5 Å². The van der Waals surface area contributed by atoms with Gasteiger partial charge in [0, 0.05) is 12.7 Å². The number of hydrogen-bond donors (Lipinski definition) is 2. The number of rotatable bonds is 3. The number of nitrogens with zero attached hydrogens (tertiary/aromatic N) is 2. The van der Waals surface area contributed by atoms with Crippen molar-refractivity contribution < 1.29 is 18.3 Å². The van der Waals surface area contributed by atoms with Crippen molar-refractivity contribution in [1.82, 2.24) is 9.29 Å². The largest absolute Gasteiger partial charge is 0.391 e. The summed E-state index contributed by atoms with van der Waals surface area (Å²) in [6.45, 7) is 2.03. The number of hydrogen-bond acceptors (Lipinski definition) is 5. The first kappa shape index (κ1) is 15.9. The summed E-state index contributed by atoms with van der Waals surface area (Å²) in [7, 11) is -3.97. The van der Waals surface area contributed by atoms with Crippen LogP contribution in [0.1, 0.15) is 19.8 Å². The number of sulfonamides is 1. The highest BCUT2D eigenvalue weighted by Crippen LogP contribution is 2.26. The van der Waals surface area contributed by atoms with Gasteiger partial charge in [-0.15, -0.1) is 0 Å². The highest BCUT2D eigenvalue weighted by atomic mass is 32.2. The Labute approximate surface area is 123 Å². The fourth-order valence-corrected chi connectivity index (χ4v) is 4.13. The van der Waals surface area contributed by atoms with Crippen molar-refractivity contribution in [3.63, 3.8) is 0 Å². The van der Waals surface area contributed by atoms with Crippen LogP contribution in [0.25, 0.3) is 0 Å². The third-order valence-electron chi connectivity index (χ3n) is 3.66. The predicted octanol–water partition coefficient (Wildman–Crippen LogP) is -0.283. The molecule has 3 atom stereocenters. The second-order valence-corrected chi connectivity index (χ2v) is 7.17. The maximum atomic E-state index is 12.7. The van der Waals surface area contributed by atoms with Crippen LogP contribution in [0.2, 0.25) is 0 Å². The number of nitrogens with two attached hydrogens (primary N) is 1. The Hall–Kier alpha value is -1.51. The Bertz CT molecular complexity index is 605. The maximum absolute atomic E-state index is 12.7. The average molecular weight is 313 g/mol. The number of carbonyl (C=O) groups is 1. The van der Waals surface area contributed by atoms with Crippen molar-refractivity contribution >= 4 is 15.9 Å². The smallest absolute Gasteiger partial charge is 0.261 e. The molecule has 1 saturated heterocycles. The molecular formula is C13H19N3O4S. The standard InChI is InChI=1S/C13H19N3O4S/c1-9-5-7-16(12(13(14)18)10(17)8-9)21(19,20)11-4-2-3-6-15-11/h2-4,6,9-10,12,17H,5,7-8H2,1H3,(H2,14,18). The molecule has 0 saturated carbocycles. The summed E-state index contributed by atoms with van der Waals surface area (Å²) in [4.78, 5) is 15.5. The van der Waals surface area contributed by atoms with E-state index in [1.54, 1.807) is 12.1 Å². The third kappa shape index (κ3) is 3.22. The van der Waals surface area contributed by atoms with Crippen LogP contribution < -0.4 is 5.73 Å². The lowest BCUT2D eigenvalue weighted by Gasteiger charge is -2.28. The molecule has 1 aromatic rings. The van der Waals surface area contributed by atoms with Gasteiger partial charge in [0.25, 0.3) is 10.0 Å². The number of carbonyl (C=O) groups excluding carboxylic acids is 1. The summed E-state index contributed by atoms with van der Waals surface area (Å²) < 4.78 is 26.3. The van der Waals surface area contributed by atoms with Crippen LogP contribution in [-0.2, 0) is 14.8 Å². The monoisotopic (exact) mass is 313 g/mol. The normalized spacial score (nSPS) is 28.0. The van der Waals surface area contributed by atoms with Gasteiger partial charge in [-0.2, -0.15) is 4.31 Å². The van der Waals surface area contributed by atoms with Crippen LogP contribution in [0.15, 0.2) is 29.4 Å². The third-order valence-corrected chi connectivity index (χ3v) is 5.46. The molecule has 7 nitrogen and oxygen atoms in total. The molecule has 0 aliphatic carbocycles. The van der Waals surface area contributed by atoms with Gasteiger partial charge in [0.15, 0.2) is 5.03 Å². The molecule has 1 aliphatic heterocycles. The Morgan fingerprint density at radius 1 is 1.48 bits per heavy atom. The van der Waals surface area contributed by atoms with Gasteiger partial charge in [0.1, 0.15) is 6.04 Å². The van der Waals surface area contributed by atoms with E-state index in [9.17, 15) is 18.3 Å². The van der Waals surface area contributed by atoms with Crippen molar-refractivity contribution in [2.45, 2.75) is 36.9 Å². The first-order valence-electron chi connectivity index (χ1n) is 6.74. The quantitative estimate of drug-likeness (QED) is 0.796. The van der Waals surface area contributed by atoms with Crippen molar-refractivity contribution in [3.8, 4) is 0 Å². The molecular weight excluding hydrogens is 294 g/mol. The molecule has 0 radical (unpaired) electrons. The first-order valence-corrected chi connectivity index (χ1v) is 8.18. The first-order chi connectivity index (χ1) is 9.84. The van der Waals surface area contributed by atoms with Crippen LogP contribution in [0.3, 0.4) is 0 Å². The number of primary amides is 1. The molecule has 116 valence electrons. The van der Waals surface area contributed by atoms with Gasteiger partial charge in [-0.1, -0.05) is 13.0 Å². The molecule has 0 bridgehead atoms. The van der Waals surface area contributed by atoms with Crippen LogP contribution in [-0.4, -0.2) is 47.4 Å². The zero-order valence-electron chi connectivity index (χ0n) is 11.7. The summed E-state index contributed by atoms with van der Waals surface area (Å²) >= 11 is 0. The predicted molar refractivity (Wildman–Crippen MR) is 75.5 cm³/mol. The minimum atomic E-state index is -3.97. The van der Waals surface area contributed by atoms with Gasteiger partial charge >= 0.3 is 0 Å². The van der Waals surface area contributed by atoms with Gasteiger partial charge < -0.3 is 10.8 Å². The molecule has 3 unspecified atom stereocenters. The lowest BCUT2D eigenvalue weighted by Crippen LogP contribution is -2.53. The Morgan fingerprint density at radius 2 is 2.19 bits per heavy atom. The molecule has 3 N–H and O–H groups in total. The van der Waals surface area contributed by atoms with E-state index < -0.39 is 28.1 Å². The maximum Gasteiger partial charge on any atom is 0.261 e. The Balaban J connectivity index is 2.45. The molecule has 2 rings (SSSR count). The highest BCUT2D eigenvalue weighted by molar-refractivity contribution is 7.89. The molecule has 21 heavy (non-hydrogen) atoms. The van der Waals surface area contributed by atoms with Crippen LogP contribution in [0, 0.1) is 5.92 Å². The lowest BCUT2D eigenvalue weighted by atomic mass is 9.99. The zero-order valence-corrected chi connectivity index (χ0v) is 12.5. The second-order valence-electron chi connectivity index (χ2n) is 5.33. The minimum Gasteiger partial charge on any atom is -0.391 e. The van der Waals surface area contributed by atoms with E-state index >= 15 is 0 Å². The average Bonchev–Trinajstić information content (AvgIpc) is 2.58. The number of aliphatic hydroxyl groups excluding tert-OH is 1. The molecule has 2 heterocycles. The van der Waals surface area contributed by atoms with Crippen molar-refractivity contribution in [1.29, 1.82) is 0 Å². The van der Waals surface area contributed by atoms with Gasteiger partial charge in [0.05, 0.1) is 6.10 Å². The van der Waals surface area contributed by atoms with Gasteiger partial charge in [-0.25, -0.2) is 13.4 Å². The van der Waals surface area contributed by atoms with Crippen molar-refractivity contribution in [3.05, 3.63) is 24.4 Å². The van der Waals surface area contributed by atoms with Gasteiger partial charge in [-0.05, 0) is 30.9 Å². The molecule has 1 aromatic heterocycles. The SMILES string of the molecule is CC1CCN(S(=O)(=O)c2ccccn2)C(C(N)=O)C(O)C1. The number of pyridine rings is 1. The summed E-state index contributed by atoms with van der Waals surface area (Å²) in [6.07, 6.45) is 1.14. The topological polar surface area (TPSA) is 114 Å². The molecule has 1 amide bonds. The fourth-order valence-electron chi connectivity index (χ4n) is 2.56. The Kier molecular flexibility index (Phi) is 4.60. The van der Waals surface area contributed by atoms with Gasteiger partial charge in [-0.3, -0.25) is 4.79 Å². The summed E-state index contributed by atoms with van der Waals surface area (Å²) in [5.74, 6) is -0.748. The molecule has 0 aromatic carbocycles. The van der Waals surface area contributed by atoms with E-state index in [1.807, 2.05) is 6.92 Å². The van der Waals surface area contributed by atoms with Crippen LogP contribution in [0.4, 0.5) is 0 Å². The summed E-state index contributed by atoms with van der Waals surface area (Å²) in [5, 5.41) is 9.99. The fraction of sp³-hybridized carbons (Fsp3) is 0.538. The van der Waals surface area contributed by atoms with Gasteiger partial charge in [0.2, 0.25) is 5.91 Å². The van der Waals surface area contributed by atoms with E-state index in [0.29, 0.717) is 12.8 Å². The molecule has 1 fully saturated rings. The lowest BCUT2D eigenvalue weighted by molar-refractivity contribution is -0.124. The van der Waals surface area contributed by atoms with Crippen LogP contribution in [0.5, 0.6) is 0 Å². The number of aliphatic hydroxyl groups is 1. The summed E-state index contributed by atoms with van der Waals surface area (Å²) in [6, 6.07) is 3.25. The minimum absolute atomic E-state index is 0.103. The van der Waals surface area contributed by atoms with E-state index in [0.717, 1.165) is 4.31 Å². The number of aromatic nitrogens is 1. The summed E-state index contributed by atoms with van der Waals surface area (Å²) in [5.41, 5.74) is 5.31. The molecule has 8 heteroatoms. The van der Waals surface area contributed by atoms with E-state index in [2.05, 4.69) is 4.98 Å². The van der Waals surface area contributed by atoms with E-state index in [4.69, 9.17) is 5.73 Å². The molecule has 1 aliphatic rings. The number of amides is 1. The van der Waals surface area contributed by atoms with Crippen molar-refractivity contribution in [2.24, 2.45) is 11.7 Å². The van der Waals surface area contributed by atoms with E-state index in [1.165, 1.54) is 12.3 Å². The van der Waals surface area contributed by atoms with Crippen molar-refractivity contribution in [2.75, 3.05) is 6.54 Å². The van der Waals surface area contributed by atoms with Crippen LogP contribution >= 0.6 is 0 Å². The Morgan fingerprint density at radius 3 is 2.76 bits per heavy atom. The highest BCUT2D eigenvalue weighted by Gasteiger charge is 2.42. The second kappa shape index (κ2) is 6.08.